The topological polar surface area (TPSA) is 107 Å². The van der Waals surface area contributed by atoms with Crippen LogP contribution < -0.4 is 24.8 Å². The number of fused-ring (bicyclic) bond motifs is 1. The van der Waals surface area contributed by atoms with Gasteiger partial charge in [-0.05, 0) is 30.7 Å². The van der Waals surface area contributed by atoms with Crippen molar-refractivity contribution in [1.29, 1.82) is 0 Å². The lowest BCUT2D eigenvalue weighted by Crippen LogP contribution is -2.10. The van der Waals surface area contributed by atoms with Gasteiger partial charge in [0, 0.05) is 6.07 Å². The molecule has 190 valence electrons. The van der Waals surface area contributed by atoms with Gasteiger partial charge >= 0.3 is 0 Å². The minimum Gasteiger partial charge on any atom is -0.495 e. The number of anilines is 3. The maximum absolute atomic E-state index is 11.9. The number of amides is 1. The predicted molar refractivity (Wildman–Crippen MR) is 146 cm³/mol. The van der Waals surface area contributed by atoms with E-state index in [1.807, 2.05) is 19.1 Å². The molecule has 0 radical (unpaired) electrons. The number of rotatable bonds is 8. The largest absolute Gasteiger partial charge is 0.495 e. The summed E-state index contributed by atoms with van der Waals surface area (Å²) < 4.78 is 16.3. The van der Waals surface area contributed by atoms with Crippen LogP contribution in [0.2, 0.25) is 10.0 Å². The van der Waals surface area contributed by atoms with Crippen LogP contribution in [0.4, 0.5) is 17.2 Å². The maximum Gasteiger partial charge on any atom is 0.247 e. The summed E-state index contributed by atoms with van der Waals surface area (Å²) in [6.45, 7) is 5.42. The van der Waals surface area contributed by atoms with E-state index in [0.717, 1.165) is 5.56 Å². The van der Waals surface area contributed by atoms with E-state index >= 15 is 0 Å². The van der Waals surface area contributed by atoms with Crippen LogP contribution >= 0.6 is 23.2 Å². The zero-order chi connectivity index (χ0) is 26.7. The normalized spacial score (nSPS) is 10.6. The molecule has 0 aliphatic rings. The fourth-order valence-corrected chi connectivity index (χ4v) is 4.34. The van der Waals surface area contributed by atoms with E-state index in [-0.39, 0.29) is 27.7 Å². The summed E-state index contributed by atoms with van der Waals surface area (Å²) in [7, 11) is 4.47. The Hall–Kier alpha value is -4.08. The first-order valence-corrected chi connectivity index (χ1v) is 11.7. The lowest BCUT2D eigenvalue weighted by Gasteiger charge is -2.16. The zero-order valence-electron chi connectivity index (χ0n) is 20.5. The van der Waals surface area contributed by atoms with E-state index in [1.165, 1.54) is 27.4 Å². The molecule has 0 bridgehead atoms. The van der Waals surface area contributed by atoms with Crippen LogP contribution in [-0.4, -0.2) is 42.2 Å². The summed E-state index contributed by atoms with van der Waals surface area (Å²) in [5.41, 5.74) is 3.00. The number of nitrogens with zero attached hydrogens (tertiary/aromatic N) is 3. The van der Waals surface area contributed by atoms with Crippen LogP contribution in [0.15, 0.2) is 49.2 Å². The molecule has 37 heavy (non-hydrogen) atoms. The monoisotopic (exact) mass is 539 g/mol. The van der Waals surface area contributed by atoms with Gasteiger partial charge in [-0.2, -0.15) is 4.98 Å². The summed E-state index contributed by atoms with van der Waals surface area (Å²) >= 11 is 13.1. The van der Waals surface area contributed by atoms with Crippen molar-refractivity contribution in [2.24, 2.45) is 0 Å². The van der Waals surface area contributed by atoms with Crippen LogP contribution in [0.5, 0.6) is 17.4 Å². The molecule has 0 saturated heterocycles. The molecule has 4 rings (SSSR count). The summed E-state index contributed by atoms with van der Waals surface area (Å²) in [6.07, 6.45) is 2.78. The van der Waals surface area contributed by atoms with E-state index in [9.17, 15) is 4.79 Å². The molecule has 0 fully saturated rings. The van der Waals surface area contributed by atoms with E-state index < -0.39 is 0 Å². The predicted octanol–water partition coefficient (Wildman–Crippen LogP) is 6.20. The molecule has 0 aliphatic heterocycles. The molecule has 0 saturated carbocycles. The molecular weight excluding hydrogens is 517 g/mol. The molecule has 0 atom stereocenters. The minimum absolute atomic E-state index is 0.215. The number of aryl methyl sites for hydroxylation is 1. The van der Waals surface area contributed by atoms with Gasteiger partial charge < -0.3 is 24.8 Å². The second kappa shape index (κ2) is 10.9. The average Bonchev–Trinajstić information content (AvgIpc) is 2.90. The number of methoxy groups -OCH3 is 3. The van der Waals surface area contributed by atoms with Crippen molar-refractivity contribution < 1.29 is 19.0 Å². The first-order chi connectivity index (χ1) is 17.8. The Morgan fingerprint density at radius 1 is 1.03 bits per heavy atom. The van der Waals surface area contributed by atoms with Gasteiger partial charge in [-0.3, -0.25) is 4.79 Å². The summed E-state index contributed by atoms with van der Waals surface area (Å²) in [6, 6.07) is 8.87. The highest BCUT2D eigenvalue weighted by molar-refractivity contribution is 6.41. The number of carbonyl (C=O) groups excluding carboxylic acids is 1. The van der Waals surface area contributed by atoms with Crippen molar-refractivity contribution >= 4 is 57.2 Å². The van der Waals surface area contributed by atoms with Gasteiger partial charge in [0.05, 0.1) is 65.4 Å². The van der Waals surface area contributed by atoms with Crippen molar-refractivity contribution in [2.45, 2.75) is 6.92 Å². The fraction of sp³-hybridized carbons (Fsp3) is 0.154. The Morgan fingerprint density at radius 3 is 2.35 bits per heavy atom. The smallest absolute Gasteiger partial charge is 0.247 e. The number of hydrogen-bond donors (Lipinski definition) is 2. The van der Waals surface area contributed by atoms with Gasteiger partial charge in [-0.15, -0.1) is 0 Å². The van der Waals surface area contributed by atoms with Crippen LogP contribution in [0.1, 0.15) is 5.56 Å². The molecule has 2 heterocycles. The Kier molecular flexibility index (Phi) is 7.66. The maximum atomic E-state index is 11.9. The second-order valence-corrected chi connectivity index (χ2v) is 8.50. The van der Waals surface area contributed by atoms with Crippen molar-refractivity contribution in [3.63, 3.8) is 0 Å². The number of aromatic nitrogens is 3. The fourth-order valence-electron chi connectivity index (χ4n) is 3.67. The molecule has 0 spiro atoms. The highest BCUT2D eigenvalue weighted by atomic mass is 35.5. The van der Waals surface area contributed by atoms with E-state index in [2.05, 4.69) is 32.2 Å². The van der Waals surface area contributed by atoms with Gasteiger partial charge in [0.2, 0.25) is 11.8 Å². The van der Waals surface area contributed by atoms with Gasteiger partial charge in [-0.1, -0.05) is 41.9 Å². The van der Waals surface area contributed by atoms with Crippen LogP contribution in [0, 0.1) is 6.92 Å². The number of pyridine rings is 1. The summed E-state index contributed by atoms with van der Waals surface area (Å²) in [5, 5.41) is 7.11. The van der Waals surface area contributed by atoms with Gasteiger partial charge in [-0.25, -0.2) is 9.97 Å². The number of nitrogens with one attached hydrogen (secondary N) is 2. The zero-order valence-corrected chi connectivity index (χ0v) is 22.0. The highest BCUT2D eigenvalue weighted by Crippen LogP contribution is 2.45. The highest BCUT2D eigenvalue weighted by Gasteiger charge is 2.23. The van der Waals surface area contributed by atoms with Crippen LogP contribution in [0.3, 0.4) is 0 Å². The number of ether oxygens (including phenoxy) is 3. The Morgan fingerprint density at radius 2 is 1.73 bits per heavy atom. The number of carbonyl (C=O) groups is 1. The second-order valence-electron chi connectivity index (χ2n) is 7.74. The lowest BCUT2D eigenvalue weighted by molar-refractivity contribution is -0.111. The molecule has 0 unspecified atom stereocenters. The van der Waals surface area contributed by atoms with Crippen LogP contribution in [0.25, 0.3) is 22.3 Å². The molecule has 9 nitrogen and oxygen atoms in total. The quantitative estimate of drug-likeness (QED) is 0.255. The minimum atomic E-state index is -0.325. The molecular formula is C26H23Cl2N5O4. The number of para-hydroxylation sites is 1. The van der Waals surface area contributed by atoms with Crippen molar-refractivity contribution in [1.82, 2.24) is 15.0 Å². The van der Waals surface area contributed by atoms with Gasteiger partial charge in [0.1, 0.15) is 17.3 Å². The molecule has 2 aromatic heterocycles. The third-order valence-electron chi connectivity index (χ3n) is 5.51. The average molecular weight is 540 g/mol. The number of halogens is 2. The number of benzene rings is 2. The van der Waals surface area contributed by atoms with Crippen molar-refractivity contribution in [2.75, 3.05) is 32.0 Å². The van der Waals surface area contributed by atoms with Gasteiger partial charge in [0.25, 0.3) is 0 Å². The summed E-state index contributed by atoms with van der Waals surface area (Å²) in [4.78, 5) is 25.6. The van der Waals surface area contributed by atoms with Crippen molar-refractivity contribution in [3.05, 3.63) is 64.8 Å². The molecule has 4 aromatic rings. The van der Waals surface area contributed by atoms with E-state index in [4.69, 9.17) is 37.4 Å². The molecule has 1 amide bonds. The third kappa shape index (κ3) is 5.09. The molecule has 11 heteroatoms. The lowest BCUT2D eigenvalue weighted by atomic mass is 10.1. The Labute approximate surface area is 223 Å². The van der Waals surface area contributed by atoms with E-state index in [1.54, 1.807) is 24.4 Å². The van der Waals surface area contributed by atoms with Crippen LogP contribution in [-0.2, 0) is 4.79 Å². The molecule has 2 aromatic carbocycles. The van der Waals surface area contributed by atoms with Gasteiger partial charge in [0.15, 0.2) is 5.82 Å². The Bertz CT molecular complexity index is 1500. The first kappa shape index (κ1) is 26.0. The SMILES string of the molecule is C=CC(=O)Nc1cccc(C)c1Nc1cc2c(OC)nc(-c3c(Cl)c(OC)cc(OC)c3Cl)nc2cn1. The van der Waals surface area contributed by atoms with E-state index in [0.29, 0.717) is 45.2 Å². The standard InChI is InChI=1S/C26H23Cl2N5O4/c1-6-20(34)30-15-9-7-8-13(2)24(15)32-19-10-14-16(12-29-19)31-25(33-26(14)37-5)21-22(27)17(35-3)11-18(36-4)23(21)28/h6-12H,1H2,2-5H3,(H,29,32)(H,30,34). The molecule has 2 N–H and O–H groups in total. The third-order valence-corrected chi connectivity index (χ3v) is 6.26. The summed E-state index contributed by atoms with van der Waals surface area (Å²) in [5.74, 6) is 1.38. The number of hydrogen-bond acceptors (Lipinski definition) is 8. The first-order valence-electron chi connectivity index (χ1n) is 10.9. The molecule has 0 aliphatic carbocycles. The Balaban J connectivity index is 1.81. The van der Waals surface area contributed by atoms with Crippen molar-refractivity contribution in [3.8, 4) is 28.8 Å².